The zero-order valence-corrected chi connectivity index (χ0v) is 12.4. The van der Waals surface area contributed by atoms with Crippen LogP contribution >= 0.6 is 0 Å². The number of benzene rings is 1. The Labute approximate surface area is 115 Å². The predicted octanol–water partition coefficient (Wildman–Crippen LogP) is 1.41. The highest BCUT2D eigenvalue weighted by Crippen LogP contribution is 2.21. The molecule has 0 radical (unpaired) electrons. The first-order valence-corrected chi connectivity index (χ1v) is 8.34. The van der Waals surface area contributed by atoms with Crippen molar-refractivity contribution in [3.63, 3.8) is 0 Å². The van der Waals surface area contributed by atoms with E-state index in [-0.39, 0.29) is 11.7 Å². The molecule has 1 aliphatic heterocycles. The number of nitrogens with one attached hydrogen (secondary N) is 1. The molecule has 2 unspecified atom stereocenters. The van der Waals surface area contributed by atoms with Crippen LogP contribution in [0.5, 0.6) is 0 Å². The first kappa shape index (κ1) is 14.5. The van der Waals surface area contributed by atoms with Gasteiger partial charge in [-0.2, -0.15) is 0 Å². The Morgan fingerprint density at radius 2 is 2.05 bits per heavy atom. The molecule has 0 amide bonds. The minimum absolute atomic E-state index is 0.0276. The monoisotopic (exact) mass is 282 g/mol. The maximum Gasteiger partial charge on any atom is 0.214 e. The Morgan fingerprint density at radius 1 is 1.37 bits per heavy atom. The number of rotatable bonds is 5. The highest BCUT2D eigenvalue weighted by Gasteiger charge is 2.31. The maximum absolute atomic E-state index is 12.4. The largest absolute Gasteiger partial charge is 0.316 e. The van der Waals surface area contributed by atoms with Gasteiger partial charge in [-0.25, -0.2) is 12.7 Å². The summed E-state index contributed by atoms with van der Waals surface area (Å²) in [5.41, 5.74) is 1.08. The van der Waals surface area contributed by atoms with E-state index in [1.54, 1.807) is 4.31 Å². The van der Waals surface area contributed by atoms with E-state index >= 15 is 0 Å². The van der Waals surface area contributed by atoms with Gasteiger partial charge in [0.25, 0.3) is 0 Å². The summed E-state index contributed by atoms with van der Waals surface area (Å²) in [4.78, 5) is 0. The smallest absolute Gasteiger partial charge is 0.214 e. The Kier molecular flexibility index (Phi) is 4.60. The Balaban J connectivity index is 2.02. The van der Waals surface area contributed by atoms with Crippen LogP contribution in [-0.2, 0) is 10.0 Å². The molecule has 0 aliphatic carbocycles. The van der Waals surface area contributed by atoms with E-state index < -0.39 is 10.0 Å². The third-order valence-corrected chi connectivity index (χ3v) is 5.82. The van der Waals surface area contributed by atoms with E-state index in [9.17, 15) is 8.42 Å². The Hall–Kier alpha value is -0.910. The SMILES string of the molecule is CNC1CCN(S(=O)(=O)CC(C)c2ccccc2)C1. The first-order valence-electron chi connectivity index (χ1n) is 6.73. The third kappa shape index (κ3) is 3.55. The average molecular weight is 282 g/mol. The van der Waals surface area contributed by atoms with Gasteiger partial charge in [0, 0.05) is 19.1 Å². The van der Waals surface area contributed by atoms with Gasteiger partial charge in [0.1, 0.15) is 0 Å². The molecular weight excluding hydrogens is 260 g/mol. The van der Waals surface area contributed by atoms with Crippen LogP contribution in [0.3, 0.4) is 0 Å². The van der Waals surface area contributed by atoms with Gasteiger partial charge in [0.05, 0.1) is 5.75 Å². The summed E-state index contributed by atoms with van der Waals surface area (Å²) >= 11 is 0. The molecule has 1 aliphatic rings. The Bertz CT molecular complexity index is 501. The molecule has 4 nitrogen and oxygen atoms in total. The molecule has 1 aromatic rings. The molecule has 1 saturated heterocycles. The van der Waals surface area contributed by atoms with Gasteiger partial charge in [-0.1, -0.05) is 37.3 Å². The quantitative estimate of drug-likeness (QED) is 0.888. The number of likely N-dealkylation sites (N-methyl/N-ethyl adjacent to an activating group) is 1. The fourth-order valence-corrected chi connectivity index (χ4v) is 4.34. The van der Waals surface area contributed by atoms with Gasteiger partial charge in [0.15, 0.2) is 0 Å². The lowest BCUT2D eigenvalue weighted by Crippen LogP contribution is -2.35. The van der Waals surface area contributed by atoms with Crippen molar-refractivity contribution >= 4 is 10.0 Å². The molecule has 0 bridgehead atoms. The van der Waals surface area contributed by atoms with E-state index in [1.165, 1.54) is 0 Å². The third-order valence-electron chi connectivity index (χ3n) is 3.78. The van der Waals surface area contributed by atoms with Crippen molar-refractivity contribution in [1.29, 1.82) is 0 Å². The second kappa shape index (κ2) is 6.03. The minimum atomic E-state index is -3.16. The highest BCUT2D eigenvalue weighted by molar-refractivity contribution is 7.89. The van der Waals surface area contributed by atoms with Crippen molar-refractivity contribution in [3.8, 4) is 0 Å². The number of nitrogens with zero attached hydrogens (tertiary/aromatic N) is 1. The van der Waals surface area contributed by atoms with Crippen LogP contribution in [0.2, 0.25) is 0 Å². The summed E-state index contributed by atoms with van der Waals surface area (Å²) in [6, 6.07) is 10.1. The lowest BCUT2D eigenvalue weighted by atomic mass is 10.0. The molecule has 106 valence electrons. The zero-order chi connectivity index (χ0) is 13.9. The van der Waals surface area contributed by atoms with Gasteiger partial charge in [-0.3, -0.25) is 0 Å². The van der Waals surface area contributed by atoms with Crippen LogP contribution in [0.25, 0.3) is 0 Å². The normalized spacial score (nSPS) is 22.5. The standard InChI is InChI=1S/C14H22N2O2S/c1-12(13-6-4-3-5-7-13)11-19(17,18)16-9-8-14(10-16)15-2/h3-7,12,14-15H,8-11H2,1-2H3. The topological polar surface area (TPSA) is 49.4 Å². The van der Waals surface area contributed by atoms with Crippen molar-refractivity contribution in [1.82, 2.24) is 9.62 Å². The van der Waals surface area contributed by atoms with Crippen molar-refractivity contribution in [2.45, 2.75) is 25.3 Å². The predicted molar refractivity (Wildman–Crippen MR) is 77.7 cm³/mol. The molecule has 5 heteroatoms. The molecule has 19 heavy (non-hydrogen) atoms. The first-order chi connectivity index (χ1) is 9.03. The molecule has 1 heterocycles. The van der Waals surface area contributed by atoms with Crippen LogP contribution in [0.1, 0.15) is 24.8 Å². The van der Waals surface area contributed by atoms with E-state index in [0.29, 0.717) is 19.1 Å². The summed E-state index contributed by atoms with van der Waals surface area (Å²) in [6.45, 7) is 3.20. The molecule has 1 N–H and O–H groups in total. The van der Waals surface area contributed by atoms with Crippen LogP contribution in [0, 0.1) is 0 Å². The van der Waals surface area contributed by atoms with Crippen molar-refractivity contribution in [3.05, 3.63) is 35.9 Å². The second-order valence-electron chi connectivity index (χ2n) is 5.22. The van der Waals surface area contributed by atoms with Gasteiger partial charge in [0.2, 0.25) is 10.0 Å². The molecule has 1 fully saturated rings. The van der Waals surface area contributed by atoms with Gasteiger partial charge < -0.3 is 5.32 Å². The molecule has 0 spiro atoms. The lowest BCUT2D eigenvalue weighted by molar-refractivity contribution is 0.461. The summed E-state index contributed by atoms with van der Waals surface area (Å²) in [7, 11) is -1.27. The minimum Gasteiger partial charge on any atom is -0.316 e. The van der Waals surface area contributed by atoms with Crippen molar-refractivity contribution < 1.29 is 8.42 Å². The number of hydrogen-bond donors (Lipinski definition) is 1. The van der Waals surface area contributed by atoms with Crippen LogP contribution < -0.4 is 5.32 Å². The van der Waals surface area contributed by atoms with Gasteiger partial charge in [-0.15, -0.1) is 0 Å². The second-order valence-corrected chi connectivity index (χ2v) is 7.24. The van der Waals surface area contributed by atoms with E-state index in [1.807, 2.05) is 44.3 Å². The molecular formula is C14H22N2O2S. The fourth-order valence-electron chi connectivity index (χ4n) is 2.52. The molecule has 2 rings (SSSR count). The van der Waals surface area contributed by atoms with Crippen LogP contribution in [0.15, 0.2) is 30.3 Å². The van der Waals surface area contributed by atoms with E-state index in [2.05, 4.69) is 5.32 Å². The van der Waals surface area contributed by atoms with Crippen molar-refractivity contribution in [2.24, 2.45) is 0 Å². The van der Waals surface area contributed by atoms with Crippen LogP contribution in [0.4, 0.5) is 0 Å². The Morgan fingerprint density at radius 3 is 2.63 bits per heavy atom. The van der Waals surface area contributed by atoms with Gasteiger partial charge in [-0.05, 0) is 24.9 Å². The number of hydrogen-bond acceptors (Lipinski definition) is 3. The molecule has 2 atom stereocenters. The lowest BCUT2D eigenvalue weighted by Gasteiger charge is -2.19. The average Bonchev–Trinajstić information content (AvgIpc) is 2.89. The van der Waals surface area contributed by atoms with Gasteiger partial charge >= 0.3 is 0 Å². The summed E-state index contributed by atoms with van der Waals surface area (Å²) in [6.07, 6.45) is 0.898. The molecule has 0 aromatic heterocycles. The fraction of sp³-hybridized carbons (Fsp3) is 0.571. The summed E-state index contributed by atoms with van der Waals surface area (Å²) < 4.78 is 26.4. The highest BCUT2D eigenvalue weighted by atomic mass is 32.2. The summed E-state index contributed by atoms with van der Waals surface area (Å²) in [5.74, 6) is 0.216. The summed E-state index contributed by atoms with van der Waals surface area (Å²) in [5, 5.41) is 3.14. The van der Waals surface area contributed by atoms with E-state index in [0.717, 1.165) is 12.0 Å². The van der Waals surface area contributed by atoms with Crippen LogP contribution in [-0.4, -0.2) is 44.7 Å². The van der Waals surface area contributed by atoms with E-state index in [4.69, 9.17) is 0 Å². The van der Waals surface area contributed by atoms with Crippen molar-refractivity contribution in [2.75, 3.05) is 25.9 Å². The molecule has 1 aromatic carbocycles. The molecule has 0 saturated carbocycles. The number of sulfonamides is 1. The zero-order valence-electron chi connectivity index (χ0n) is 11.5. The maximum atomic E-state index is 12.4.